The van der Waals surface area contributed by atoms with E-state index in [0.29, 0.717) is 29.4 Å². The zero-order valence-electron chi connectivity index (χ0n) is 11.0. The Kier molecular flexibility index (Phi) is 3.80. The van der Waals surface area contributed by atoms with Crippen LogP contribution in [0.15, 0.2) is 6.07 Å². The molecular formula is C12H18N2O4S. The fourth-order valence-corrected chi connectivity index (χ4v) is 3.43. The van der Waals surface area contributed by atoms with Crippen molar-refractivity contribution in [2.24, 2.45) is 0 Å². The molecule has 19 heavy (non-hydrogen) atoms. The second-order valence-corrected chi connectivity index (χ2v) is 6.36. The van der Waals surface area contributed by atoms with Gasteiger partial charge in [-0.2, -0.15) is 0 Å². The molecule has 2 unspecified atom stereocenters. The highest BCUT2D eigenvalue weighted by molar-refractivity contribution is 7.16. The van der Waals surface area contributed by atoms with Gasteiger partial charge < -0.3 is 15.1 Å². The number of hydrogen-bond donors (Lipinski definition) is 2. The third-order valence-electron chi connectivity index (χ3n) is 3.28. The number of thiophene rings is 1. The molecule has 0 aliphatic carbocycles. The van der Waals surface area contributed by atoms with Gasteiger partial charge in [0, 0.05) is 24.0 Å². The van der Waals surface area contributed by atoms with Gasteiger partial charge >= 0.3 is 5.69 Å². The number of aliphatic hydroxyl groups is 2. The highest BCUT2D eigenvalue weighted by atomic mass is 32.1. The molecule has 1 aliphatic heterocycles. The first-order valence-corrected chi connectivity index (χ1v) is 7.05. The molecular weight excluding hydrogens is 268 g/mol. The summed E-state index contributed by atoms with van der Waals surface area (Å²) in [6.45, 7) is 4.41. The fourth-order valence-electron chi connectivity index (χ4n) is 2.35. The lowest BCUT2D eigenvalue weighted by Crippen LogP contribution is -2.46. The maximum Gasteiger partial charge on any atom is 0.304 e. The van der Waals surface area contributed by atoms with Crippen LogP contribution in [0.3, 0.4) is 0 Å². The van der Waals surface area contributed by atoms with Gasteiger partial charge in [0.05, 0.1) is 16.6 Å². The number of piperidine rings is 1. The normalized spacial score (nSPS) is 25.4. The van der Waals surface area contributed by atoms with Crippen molar-refractivity contribution >= 4 is 22.0 Å². The van der Waals surface area contributed by atoms with Crippen molar-refractivity contribution < 1.29 is 15.1 Å². The molecule has 1 aromatic heterocycles. The smallest absolute Gasteiger partial charge is 0.304 e. The van der Waals surface area contributed by atoms with Crippen LogP contribution in [0.1, 0.15) is 37.7 Å². The predicted molar refractivity (Wildman–Crippen MR) is 73.7 cm³/mol. The van der Waals surface area contributed by atoms with Crippen LogP contribution >= 0.6 is 11.3 Å². The Morgan fingerprint density at radius 2 is 2.32 bits per heavy atom. The van der Waals surface area contributed by atoms with Crippen LogP contribution in [0.25, 0.3) is 0 Å². The Hall–Kier alpha value is -1.18. The Bertz CT molecular complexity index is 484. The van der Waals surface area contributed by atoms with Crippen LogP contribution in [-0.2, 0) is 0 Å². The molecule has 2 atom stereocenters. The summed E-state index contributed by atoms with van der Waals surface area (Å²) >= 11 is 1.23. The molecule has 0 aromatic carbocycles. The third kappa shape index (κ3) is 3.05. The van der Waals surface area contributed by atoms with E-state index < -0.39 is 16.6 Å². The van der Waals surface area contributed by atoms with Crippen molar-refractivity contribution in [1.29, 1.82) is 0 Å². The minimum atomic E-state index is -0.818. The summed E-state index contributed by atoms with van der Waals surface area (Å²) < 4.78 is 0. The van der Waals surface area contributed by atoms with Crippen molar-refractivity contribution in [2.75, 3.05) is 18.0 Å². The van der Waals surface area contributed by atoms with E-state index >= 15 is 0 Å². The summed E-state index contributed by atoms with van der Waals surface area (Å²) in [6, 6.07) is 1.42. The highest BCUT2D eigenvalue weighted by Gasteiger charge is 2.33. The number of nitrogens with zero attached hydrogens (tertiary/aromatic N) is 2. The van der Waals surface area contributed by atoms with Crippen LogP contribution in [0.2, 0.25) is 0 Å². The molecule has 0 saturated carbocycles. The lowest BCUT2D eigenvalue weighted by atomic mass is 9.95. The largest absolute Gasteiger partial charge is 0.388 e. The Morgan fingerprint density at radius 3 is 2.84 bits per heavy atom. The number of nitro groups is 1. The molecule has 7 heteroatoms. The average Bonchev–Trinajstić information content (AvgIpc) is 2.72. The molecule has 1 saturated heterocycles. The van der Waals surface area contributed by atoms with Crippen LogP contribution in [-0.4, -0.2) is 33.8 Å². The molecule has 2 rings (SSSR count). The number of aliphatic hydroxyl groups excluding tert-OH is 1. The van der Waals surface area contributed by atoms with Gasteiger partial charge in [-0.05, 0) is 26.7 Å². The molecule has 106 valence electrons. The highest BCUT2D eigenvalue weighted by Crippen LogP contribution is 2.41. The molecule has 1 aromatic rings. The Labute approximate surface area is 115 Å². The van der Waals surface area contributed by atoms with E-state index in [1.165, 1.54) is 17.4 Å². The van der Waals surface area contributed by atoms with E-state index in [9.17, 15) is 20.3 Å². The second-order valence-electron chi connectivity index (χ2n) is 5.29. The topological polar surface area (TPSA) is 86.8 Å². The first-order valence-electron chi connectivity index (χ1n) is 6.24. The van der Waals surface area contributed by atoms with Crippen LogP contribution < -0.4 is 4.90 Å². The first-order chi connectivity index (χ1) is 8.80. The summed E-state index contributed by atoms with van der Waals surface area (Å²) in [7, 11) is 0. The van der Waals surface area contributed by atoms with E-state index in [1.807, 2.05) is 4.90 Å². The number of rotatable bonds is 3. The molecule has 1 aliphatic rings. The lowest BCUT2D eigenvalue weighted by molar-refractivity contribution is -0.383. The summed E-state index contributed by atoms with van der Waals surface area (Å²) in [5, 5.41) is 31.3. The van der Waals surface area contributed by atoms with Gasteiger partial charge in [-0.25, -0.2) is 0 Å². The van der Waals surface area contributed by atoms with Gasteiger partial charge in [0.1, 0.15) is 0 Å². The summed E-state index contributed by atoms with van der Waals surface area (Å²) in [5.74, 6) is 0. The SMILES string of the molecule is CC(O)c1cc([N+](=O)[O-])c(N2CCCC(C)(O)C2)s1. The molecule has 6 nitrogen and oxygen atoms in total. The molecule has 0 bridgehead atoms. The predicted octanol–water partition coefficient (Wildman–Crippen LogP) is 2.06. The minimum Gasteiger partial charge on any atom is -0.388 e. The second kappa shape index (κ2) is 5.07. The third-order valence-corrected chi connectivity index (χ3v) is 4.64. The van der Waals surface area contributed by atoms with Crippen molar-refractivity contribution in [3.05, 3.63) is 21.1 Å². The number of anilines is 1. The maximum atomic E-state index is 11.1. The van der Waals surface area contributed by atoms with E-state index in [1.54, 1.807) is 13.8 Å². The van der Waals surface area contributed by atoms with Gasteiger partial charge in [-0.3, -0.25) is 10.1 Å². The summed E-state index contributed by atoms with van der Waals surface area (Å²) in [5.41, 5.74) is -0.806. The summed E-state index contributed by atoms with van der Waals surface area (Å²) in [6.07, 6.45) is 0.778. The first kappa shape index (κ1) is 14.2. The minimum absolute atomic E-state index is 0.0126. The molecule has 1 fully saturated rings. The Balaban J connectivity index is 2.35. The van der Waals surface area contributed by atoms with Crippen molar-refractivity contribution in [3.63, 3.8) is 0 Å². The molecule has 0 spiro atoms. The van der Waals surface area contributed by atoms with Crippen molar-refractivity contribution in [1.82, 2.24) is 0 Å². The monoisotopic (exact) mass is 286 g/mol. The van der Waals surface area contributed by atoms with Crippen LogP contribution in [0.5, 0.6) is 0 Å². The quantitative estimate of drug-likeness (QED) is 0.656. The molecule has 0 amide bonds. The van der Waals surface area contributed by atoms with Gasteiger partial charge in [0.15, 0.2) is 5.00 Å². The zero-order valence-corrected chi connectivity index (χ0v) is 11.8. The number of hydrogen-bond acceptors (Lipinski definition) is 6. The van der Waals surface area contributed by atoms with E-state index in [0.717, 1.165) is 6.42 Å². The van der Waals surface area contributed by atoms with Crippen LogP contribution in [0.4, 0.5) is 10.7 Å². The summed E-state index contributed by atoms with van der Waals surface area (Å²) in [4.78, 5) is 13.1. The average molecular weight is 286 g/mol. The van der Waals surface area contributed by atoms with Crippen molar-refractivity contribution in [2.45, 2.75) is 38.4 Å². The zero-order chi connectivity index (χ0) is 14.2. The van der Waals surface area contributed by atoms with E-state index in [-0.39, 0.29) is 5.69 Å². The van der Waals surface area contributed by atoms with Gasteiger partial charge in [0.2, 0.25) is 0 Å². The maximum absolute atomic E-state index is 11.1. The molecule has 2 heterocycles. The molecule has 0 radical (unpaired) electrons. The standard InChI is InChI=1S/C12H18N2O4S/c1-8(15)10-6-9(14(17)18)11(19-10)13-5-3-4-12(2,16)7-13/h6,8,15-16H,3-5,7H2,1-2H3. The van der Waals surface area contributed by atoms with Gasteiger partial charge in [-0.1, -0.05) is 0 Å². The van der Waals surface area contributed by atoms with Crippen LogP contribution in [0, 0.1) is 10.1 Å². The van der Waals surface area contributed by atoms with Gasteiger partial charge in [-0.15, -0.1) is 11.3 Å². The fraction of sp³-hybridized carbons (Fsp3) is 0.667. The van der Waals surface area contributed by atoms with E-state index in [2.05, 4.69) is 0 Å². The Morgan fingerprint density at radius 1 is 1.63 bits per heavy atom. The molecule has 2 N–H and O–H groups in total. The van der Waals surface area contributed by atoms with Crippen molar-refractivity contribution in [3.8, 4) is 0 Å². The number of β-amino-alcohol motifs (C(OH)–C–C–N with tert-alkyl or cyclic N) is 1. The lowest BCUT2D eigenvalue weighted by Gasteiger charge is -2.37. The van der Waals surface area contributed by atoms with Gasteiger partial charge in [0.25, 0.3) is 0 Å². The van der Waals surface area contributed by atoms with E-state index in [4.69, 9.17) is 0 Å².